The van der Waals surface area contributed by atoms with Crippen molar-refractivity contribution < 1.29 is 13.2 Å². The fraction of sp³-hybridized carbons (Fsp3) is 0.200. The summed E-state index contributed by atoms with van der Waals surface area (Å²) in [5.74, 6) is -0.246. The van der Waals surface area contributed by atoms with Gasteiger partial charge in [0, 0.05) is 25.2 Å². The summed E-state index contributed by atoms with van der Waals surface area (Å²) in [4.78, 5) is 14.5. The van der Waals surface area contributed by atoms with Gasteiger partial charge in [-0.05, 0) is 42.0 Å². The second-order valence-corrected chi connectivity index (χ2v) is 7.58. The Labute approximate surface area is 159 Å². The quantitative estimate of drug-likeness (QED) is 0.710. The zero-order chi connectivity index (χ0) is 19.9. The van der Waals surface area contributed by atoms with Gasteiger partial charge in [-0.2, -0.15) is 5.26 Å². The van der Waals surface area contributed by atoms with Gasteiger partial charge in [-0.3, -0.25) is 4.79 Å². The molecule has 0 spiro atoms. The van der Waals surface area contributed by atoms with Crippen LogP contribution in [0.2, 0.25) is 0 Å². The van der Waals surface area contributed by atoms with Crippen LogP contribution in [0.1, 0.15) is 28.4 Å². The van der Waals surface area contributed by atoms with E-state index in [1.165, 1.54) is 24.3 Å². The van der Waals surface area contributed by atoms with Gasteiger partial charge in [0.05, 0.1) is 16.5 Å². The van der Waals surface area contributed by atoms with Crippen LogP contribution in [0.5, 0.6) is 0 Å². The third kappa shape index (κ3) is 5.26. The van der Waals surface area contributed by atoms with Crippen molar-refractivity contribution in [1.82, 2.24) is 9.62 Å². The molecule has 0 saturated heterocycles. The van der Waals surface area contributed by atoms with Gasteiger partial charge in [0.25, 0.3) is 5.91 Å². The lowest BCUT2D eigenvalue weighted by Crippen LogP contribution is -2.30. The van der Waals surface area contributed by atoms with E-state index >= 15 is 0 Å². The molecule has 1 amide bonds. The zero-order valence-corrected chi connectivity index (χ0v) is 15.9. The molecule has 0 saturated carbocycles. The average molecular weight is 383 g/mol. The molecule has 0 aliphatic carbocycles. The van der Waals surface area contributed by atoms with E-state index in [0.29, 0.717) is 24.2 Å². The van der Waals surface area contributed by atoms with E-state index in [0.717, 1.165) is 5.56 Å². The first-order chi connectivity index (χ1) is 12.9. The van der Waals surface area contributed by atoms with Gasteiger partial charge in [0.2, 0.25) is 10.0 Å². The van der Waals surface area contributed by atoms with Crippen LogP contribution < -0.4 is 4.72 Å². The van der Waals surface area contributed by atoms with Crippen molar-refractivity contribution in [2.75, 3.05) is 13.1 Å². The maximum Gasteiger partial charge on any atom is 0.254 e. The van der Waals surface area contributed by atoms with Crippen molar-refractivity contribution in [2.45, 2.75) is 18.4 Å². The molecular weight excluding hydrogens is 362 g/mol. The number of nitrogens with one attached hydrogen (secondary N) is 1. The first-order valence-electron chi connectivity index (χ1n) is 8.40. The maximum atomic E-state index is 12.8. The molecule has 6 nitrogen and oxygen atoms in total. The summed E-state index contributed by atoms with van der Waals surface area (Å²) in [5, 5.41) is 9.02. The number of carbonyl (C=O) groups excluding carboxylic acids is 1. The summed E-state index contributed by atoms with van der Waals surface area (Å²) in [6.45, 7) is 6.32. The van der Waals surface area contributed by atoms with E-state index in [1.54, 1.807) is 36.1 Å². The summed E-state index contributed by atoms with van der Waals surface area (Å²) < 4.78 is 26.4. The van der Waals surface area contributed by atoms with E-state index < -0.39 is 10.0 Å². The van der Waals surface area contributed by atoms with Crippen LogP contribution in [0, 0.1) is 11.3 Å². The predicted octanol–water partition coefficient (Wildman–Crippen LogP) is 2.68. The third-order valence-electron chi connectivity index (χ3n) is 3.81. The lowest BCUT2D eigenvalue weighted by molar-refractivity contribution is 0.0762. The van der Waals surface area contributed by atoms with Crippen molar-refractivity contribution in [3.8, 4) is 6.07 Å². The van der Waals surface area contributed by atoms with Gasteiger partial charge >= 0.3 is 0 Å². The van der Waals surface area contributed by atoms with Gasteiger partial charge in [-0.15, -0.1) is 6.58 Å². The standard InChI is InChI=1S/C20H21N3O3S/c1-3-12-23(15-17-7-5-6-16(13-17)14-21)20(24)18-8-10-19(11-9-18)27(25,26)22-4-2/h3,5-11,13,22H,1,4,12,15H2,2H3. The van der Waals surface area contributed by atoms with Crippen LogP contribution in [0.3, 0.4) is 0 Å². The van der Waals surface area contributed by atoms with Crippen molar-refractivity contribution in [1.29, 1.82) is 5.26 Å². The first-order valence-corrected chi connectivity index (χ1v) is 9.88. The molecule has 2 aromatic rings. The van der Waals surface area contributed by atoms with Gasteiger partial charge in [0.15, 0.2) is 0 Å². The second-order valence-electron chi connectivity index (χ2n) is 5.81. The summed E-state index contributed by atoms with van der Waals surface area (Å²) in [7, 11) is -3.56. The smallest absolute Gasteiger partial charge is 0.254 e. The molecule has 0 heterocycles. The Morgan fingerprint density at radius 1 is 1.26 bits per heavy atom. The van der Waals surface area contributed by atoms with Crippen molar-refractivity contribution in [3.63, 3.8) is 0 Å². The molecule has 2 aromatic carbocycles. The Morgan fingerprint density at radius 2 is 1.96 bits per heavy atom. The minimum Gasteiger partial charge on any atom is -0.331 e. The highest BCUT2D eigenvalue weighted by atomic mass is 32.2. The normalized spacial score (nSPS) is 10.8. The van der Waals surface area contributed by atoms with Crippen LogP contribution in [0.4, 0.5) is 0 Å². The fourth-order valence-corrected chi connectivity index (χ4v) is 3.61. The van der Waals surface area contributed by atoms with E-state index in [9.17, 15) is 13.2 Å². The molecule has 2 rings (SSSR count). The largest absolute Gasteiger partial charge is 0.331 e. The molecular formula is C20H21N3O3S. The number of nitriles is 1. The Hall–Kier alpha value is -2.95. The molecule has 0 aliphatic heterocycles. The monoisotopic (exact) mass is 383 g/mol. The lowest BCUT2D eigenvalue weighted by atomic mass is 10.1. The second kappa shape index (κ2) is 9.12. The summed E-state index contributed by atoms with van der Waals surface area (Å²) in [5.41, 5.74) is 1.73. The molecule has 0 atom stereocenters. The molecule has 0 aliphatic rings. The Morgan fingerprint density at radius 3 is 2.56 bits per heavy atom. The van der Waals surface area contributed by atoms with Crippen LogP contribution >= 0.6 is 0 Å². The minimum absolute atomic E-state index is 0.109. The number of carbonyl (C=O) groups is 1. The number of hydrogen-bond acceptors (Lipinski definition) is 4. The highest BCUT2D eigenvalue weighted by molar-refractivity contribution is 7.89. The Balaban J connectivity index is 2.23. The lowest BCUT2D eigenvalue weighted by Gasteiger charge is -2.21. The van der Waals surface area contributed by atoms with Gasteiger partial charge in [0.1, 0.15) is 0 Å². The molecule has 27 heavy (non-hydrogen) atoms. The van der Waals surface area contributed by atoms with Crippen LogP contribution in [-0.4, -0.2) is 32.3 Å². The molecule has 7 heteroatoms. The topological polar surface area (TPSA) is 90.3 Å². The summed E-state index contributed by atoms with van der Waals surface area (Å²) >= 11 is 0. The molecule has 140 valence electrons. The SMILES string of the molecule is C=CCN(Cc1cccc(C#N)c1)C(=O)c1ccc(S(=O)(=O)NCC)cc1. The van der Waals surface area contributed by atoms with E-state index in [1.807, 2.05) is 6.07 Å². The van der Waals surface area contributed by atoms with Gasteiger partial charge in [-0.1, -0.05) is 25.1 Å². The molecule has 0 unspecified atom stereocenters. The van der Waals surface area contributed by atoms with E-state index in [2.05, 4.69) is 17.4 Å². The first kappa shape index (κ1) is 20.4. The number of hydrogen-bond donors (Lipinski definition) is 1. The van der Waals surface area contributed by atoms with Gasteiger partial charge < -0.3 is 4.90 Å². The van der Waals surface area contributed by atoms with Crippen LogP contribution in [-0.2, 0) is 16.6 Å². The zero-order valence-electron chi connectivity index (χ0n) is 15.1. The highest BCUT2D eigenvalue weighted by Gasteiger charge is 2.17. The minimum atomic E-state index is -3.56. The predicted molar refractivity (Wildman–Crippen MR) is 103 cm³/mol. The van der Waals surface area contributed by atoms with Crippen molar-refractivity contribution in [3.05, 3.63) is 77.9 Å². The molecule has 0 bridgehead atoms. The fourth-order valence-electron chi connectivity index (χ4n) is 2.57. The van der Waals surface area contributed by atoms with Crippen LogP contribution in [0.15, 0.2) is 66.1 Å². The number of amides is 1. The number of benzene rings is 2. The number of sulfonamides is 1. The summed E-state index contributed by atoms with van der Waals surface area (Å²) in [6, 6.07) is 14.9. The van der Waals surface area contributed by atoms with E-state index in [4.69, 9.17) is 5.26 Å². The molecule has 1 N–H and O–H groups in total. The van der Waals surface area contributed by atoms with E-state index in [-0.39, 0.29) is 17.3 Å². The highest BCUT2D eigenvalue weighted by Crippen LogP contribution is 2.15. The maximum absolute atomic E-state index is 12.8. The van der Waals surface area contributed by atoms with Gasteiger partial charge in [-0.25, -0.2) is 13.1 Å². The molecule has 0 fully saturated rings. The van der Waals surface area contributed by atoms with Crippen LogP contribution in [0.25, 0.3) is 0 Å². The number of nitrogens with zero attached hydrogens (tertiary/aromatic N) is 2. The molecule has 0 radical (unpaired) electrons. The Kier molecular flexibility index (Phi) is 6.88. The Bertz CT molecular complexity index is 961. The molecule has 0 aromatic heterocycles. The summed E-state index contributed by atoms with van der Waals surface area (Å²) in [6.07, 6.45) is 1.62. The average Bonchev–Trinajstić information content (AvgIpc) is 2.67. The van der Waals surface area contributed by atoms with Crippen molar-refractivity contribution in [2.24, 2.45) is 0 Å². The third-order valence-corrected chi connectivity index (χ3v) is 5.37. The van der Waals surface area contributed by atoms with Crippen molar-refractivity contribution >= 4 is 15.9 Å². The number of rotatable bonds is 8.